The molecule has 8 heteroatoms. The van der Waals surface area contributed by atoms with Gasteiger partial charge in [-0.25, -0.2) is 0 Å². The first-order valence-electron chi connectivity index (χ1n) is 9.84. The Hall–Kier alpha value is -1.71. The molecule has 1 aromatic carbocycles. The van der Waals surface area contributed by atoms with Gasteiger partial charge >= 0.3 is 0 Å². The number of ether oxygens (including phenoxy) is 3. The summed E-state index contributed by atoms with van der Waals surface area (Å²) >= 11 is 0. The highest BCUT2D eigenvalue weighted by Crippen LogP contribution is 2.17. The minimum Gasteiger partial charge on any atom is -0.492 e. The molecule has 2 atom stereocenters. The van der Waals surface area contributed by atoms with E-state index in [1.54, 1.807) is 0 Å². The number of methoxy groups -OCH3 is 1. The second kappa shape index (κ2) is 10.7. The Labute approximate surface area is 166 Å². The molecule has 0 aromatic heterocycles. The first-order valence-corrected chi connectivity index (χ1v) is 9.84. The largest absolute Gasteiger partial charge is 0.492 e. The molecule has 2 aliphatic heterocycles. The number of morpholine rings is 1. The van der Waals surface area contributed by atoms with Crippen LogP contribution in [0.15, 0.2) is 24.3 Å². The van der Waals surface area contributed by atoms with Crippen LogP contribution < -0.4 is 10.1 Å². The molecule has 28 heavy (non-hydrogen) atoms. The molecule has 2 aliphatic rings. The molecule has 0 aliphatic carbocycles. The lowest BCUT2D eigenvalue weighted by atomic mass is 10.2. The van der Waals surface area contributed by atoms with Crippen molar-refractivity contribution in [2.24, 2.45) is 0 Å². The van der Waals surface area contributed by atoms with Crippen molar-refractivity contribution < 1.29 is 24.1 Å². The minimum absolute atomic E-state index is 0.0101. The van der Waals surface area contributed by atoms with Crippen molar-refractivity contribution in [3.05, 3.63) is 29.8 Å². The molecule has 2 N–H and O–H groups in total. The lowest BCUT2D eigenvalue weighted by Gasteiger charge is -2.26. The quantitative estimate of drug-likeness (QED) is 0.596. The highest BCUT2D eigenvalue weighted by atomic mass is 16.5. The van der Waals surface area contributed by atoms with Crippen LogP contribution in [-0.2, 0) is 20.8 Å². The Morgan fingerprint density at radius 1 is 1.21 bits per heavy atom. The van der Waals surface area contributed by atoms with Gasteiger partial charge in [-0.1, -0.05) is 12.1 Å². The zero-order valence-corrected chi connectivity index (χ0v) is 16.5. The van der Waals surface area contributed by atoms with Crippen LogP contribution in [0.2, 0.25) is 0 Å². The number of hydrogen-bond acceptors (Lipinski definition) is 7. The predicted octanol–water partition coefficient (Wildman–Crippen LogP) is -0.295. The predicted molar refractivity (Wildman–Crippen MR) is 104 cm³/mol. The summed E-state index contributed by atoms with van der Waals surface area (Å²) in [5, 5.41) is 13.0. The lowest BCUT2D eigenvalue weighted by Crippen LogP contribution is -2.44. The molecule has 2 fully saturated rings. The first kappa shape index (κ1) is 21.0. The number of nitrogens with zero attached hydrogens (tertiary/aromatic N) is 2. The maximum atomic E-state index is 11.6. The minimum atomic E-state index is -0.566. The Bertz CT molecular complexity index is 606. The van der Waals surface area contributed by atoms with Gasteiger partial charge in [0.1, 0.15) is 19.0 Å². The molecule has 0 spiro atoms. The first-order chi connectivity index (χ1) is 13.6. The van der Waals surface area contributed by atoms with Crippen molar-refractivity contribution in [2.45, 2.75) is 18.7 Å². The summed E-state index contributed by atoms with van der Waals surface area (Å²) in [4.78, 5) is 16.1. The third-order valence-electron chi connectivity index (χ3n) is 5.10. The van der Waals surface area contributed by atoms with E-state index in [0.717, 1.165) is 50.7 Å². The summed E-state index contributed by atoms with van der Waals surface area (Å²) in [5.41, 5.74) is 1.15. The summed E-state index contributed by atoms with van der Waals surface area (Å²) in [5.74, 6) is 0.662. The van der Waals surface area contributed by atoms with E-state index in [9.17, 15) is 9.90 Å². The van der Waals surface area contributed by atoms with E-state index < -0.39 is 6.10 Å². The van der Waals surface area contributed by atoms with E-state index >= 15 is 0 Å². The third-order valence-corrected chi connectivity index (χ3v) is 5.10. The van der Waals surface area contributed by atoms with Gasteiger partial charge in [0.2, 0.25) is 5.91 Å². The molecular weight excluding hydrogens is 362 g/mol. The molecule has 1 amide bonds. The number of amides is 1. The Kier molecular flexibility index (Phi) is 8.05. The van der Waals surface area contributed by atoms with Crippen LogP contribution in [0.3, 0.4) is 0 Å². The molecule has 3 rings (SSSR count). The fourth-order valence-electron chi connectivity index (χ4n) is 3.58. The van der Waals surface area contributed by atoms with Crippen LogP contribution in [0.1, 0.15) is 5.56 Å². The average Bonchev–Trinajstić information content (AvgIpc) is 3.03. The number of hydrogen-bond donors (Lipinski definition) is 2. The molecule has 2 heterocycles. The number of carbonyl (C=O) groups excluding carboxylic acids is 1. The van der Waals surface area contributed by atoms with Gasteiger partial charge in [-0.3, -0.25) is 14.6 Å². The molecule has 0 radical (unpaired) electrons. The molecule has 8 nitrogen and oxygen atoms in total. The fraction of sp³-hybridized carbons (Fsp3) is 0.650. The number of likely N-dealkylation sites (tertiary alicyclic amines) is 1. The number of aliphatic hydroxyl groups is 1. The zero-order valence-electron chi connectivity index (χ0n) is 16.5. The van der Waals surface area contributed by atoms with Crippen molar-refractivity contribution >= 4 is 5.91 Å². The normalized spacial score (nSPS) is 23.6. The molecule has 0 saturated carbocycles. The van der Waals surface area contributed by atoms with Crippen LogP contribution in [0.5, 0.6) is 5.75 Å². The van der Waals surface area contributed by atoms with Crippen LogP contribution in [0, 0.1) is 0 Å². The summed E-state index contributed by atoms with van der Waals surface area (Å²) in [6.07, 6.45) is -0.566. The van der Waals surface area contributed by atoms with Gasteiger partial charge in [-0.2, -0.15) is 0 Å². The molecule has 0 bridgehead atoms. The van der Waals surface area contributed by atoms with Gasteiger partial charge in [0.25, 0.3) is 0 Å². The van der Waals surface area contributed by atoms with Crippen LogP contribution in [-0.4, -0.2) is 99.2 Å². The van der Waals surface area contributed by atoms with E-state index in [0.29, 0.717) is 19.7 Å². The Morgan fingerprint density at radius 3 is 2.68 bits per heavy atom. The van der Waals surface area contributed by atoms with Crippen molar-refractivity contribution in [1.82, 2.24) is 15.1 Å². The summed E-state index contributed by atoms with van der Waals surface area (Å²) in [6, 6.07) is 7.81. The number of benzene rings is 1. The third kappa shape index (κ3) is 6.42. The van der Waals surface area contributed by atoms with Gasteiger partial charge in [-0.15, -0.1) is 0 Å². The monoisotopic (exact) mass is 393 g/mol. The van der Waals surface area contributed by atoms with Crippen LogP contribution >= 0.6 is 0 Å². The maximum absolute atomic E-state index is 11.6. The zero-order chi connectivity index (χ0) is 19.8. The molecule has 2 saturated heterocycles. The molecule has 0 unspecified atom stereocenters. The average molecular weight is 393 g/mol. The highest BCUT2D eigenvalue weighted by Gasteiger charge is 2.32. The SMILES string of the molecule is COCC(=O)N[C@@H]1CN(Cc2ccc(OCCN3CCOCC3)cc2)C[C@H]1O. The summed E-state index contributed by atoms with van der Waals surface area (Å²) in [7, 11) is 1.48. The van der Waals surface area contributed by atoms with Crippen molar-refractivity contribution in [1.29, 1.82) is 0 Å². The molecule has 156 valence electrons. The summed E-state index contributed by atoms with van der Waals surface area (Å²) < 4.78 is 16.0. The summed E-state index contributed by atoms with van der Waals surface area (Å²) in [6.45, 7) is 7.01. The number of carbonyl (C=O) groups is 1. The van der Waals surface area contributed by atoms with Crippen molar-refractivity contribution in [3.63, 3.8) is 0 Å². The second-order valence-electron chi connectivity index (χ2n) is 7.31. The van der Waals surface area contributed by atoms with E-state index in [1.807, 2.05) is 24.3 Å². The Morgan fingerprint density at radius 2 is 1.96 bits per heavy atom. The van der Waals surface area contributed by atoms with E-state index in [1.165, 1.54) is 7.11 Å². The highest BCUT2D eigenvalue weighted by molar-refractivity contribution is 5.77. The van der Waals surface area contributed by atoms with Crippen molar-refractivity contribution in [3.8, 4) is 5.75 Å². The molecular formula is C20H31N3O5. The Balaban J connectivity index is 1.39. The van der Waals surface area contributed by atoms with Gasteiger partial charge < -0.3 is 24.6 Å². The fourth-order valence-corrected chi connectivity index (χ4v) is 3.58. The smallest absolute Gasteiger partial charge is 0.246 e. The van der Waals surface area contributed by atoms with Crippen LogP contribution in [0.25, 0.3) is 0 Å². The van der Waals surface area contributed by atoms with Gasteiger partial charge in [0.15, 0.2) is 0 Å². The topological polar surface area (TPSA) is 83.5 Å². The van der Waals surface area contributed by atoms with E-state index in [2.05, 4.69) is 15.1 Å². The van der Waals surface area contributed by atoms with Crippen molar-refractivity contribution in [2.75, 3.05) is 66.3 Å². The number of nitrogens with one attached hydrogen (secondary N) is 1. The molecule has 1 aromatic rings. The number of β-amino-alcohol motifs (C(OH)–C–C–N with tert-alkyl or cyclic N) is 1. The number of rotatable bonds is 9. The standard InChI is InChI=1S/C20H31N3O5/c1-26-15-20(25)21-18-13-23(14-19(18)24)12-16-2-4-17(5-3-16)28-11-8-22-6-9-27-10-7-22/h2-5,18-19,24H,6-15H2,1H3,(H,21,25)/t18-,19-/m1/s1. The van der Waals surface area contributed by atoms with Gasteiger partial charge in [0, 0.05) is 46.4 Å². The lowest BCUT2D eigenvalue weighted by molar-refractivity contribution is -0.125. The van der Waals surface area contributed by atoms with Gasteiger partial charge in [-0.05, 0) is 17.7 Å². The van der Waals surface area contributed by atoms with Gasteiger partial charge in [0.05, 0.1) is 25.4 Å². The second-order valence-corrected chi connectivity index (χ2v) is 7.31. The maximum Gasteiger partial charge on any atom is 0.246 e. The number of aliphatic hydroxyl groups excluding tert-OH is 1. The van der Waals surface area contributed by atoms with E-state index in [-0.39, 0.29) is 18.6 Å². The van der Waals surface area contributed by atoms with Crippen LogP contribution in [0.4, 0.5) is 0 Å². The van der Waals surface area contributed by atoms with E-state index in [4.69, 9.17) is 14.2 Å².